The van der Waals surface area contributed by atoms with Crippen LogP contribution in [0.2, 0.25) is 0 Å². The Morgan fingerprint density at radius 3 is 2.56 bits per heavy atom. The van der Waals surface area contributed by atoms with Gasteiger partial charge in [-0.05, 0) is 67.4 Å². The van der Waals surface area contributed by atoms with Gasteiger partial charge in [-0.25, -0.2) is 19.4 Å². The van der Waals surface area contributed by atoms with Crippen molar-refractivity contribution in [1.82, 2.24) is 24.7 Å². The lowest BCUT2D eigenvalue weighted by atomic mass is 9.92. The van der Waals surface area contributed by atoms with Crippen LogP contribution in [0.5, 0.6) is 0 Å². The Kier molecular flexibility index (Phi) is 9.17. The lowest BCUT2D eigenvalue weighted by molar-refractivity contribution is -0.142. The molecule has 0 aliphatic carbocycles. The topological polar surface area (TPSA) is 136 Å². The first kappa shape index (κ1) is 30.9. The maximum atomic E-state index is 13.3. The number of hydrogen-bond acceptors (Lipinski definition) is 8. The van der Waals surface area contributed by atoms with Gasteiger partial charge in [0.25, 0.3) is 0 Å². The fourth-order valence-corrected chi connectivity index (χ4v) is 4.54. The molecule has 11 nitrogen and oxygen atoms in total. The number of nitrogens with zero attached hydrogens (tertiary/aromatic N) is 5. The summed E-state index contributed by atoms with van der Waals surface area (Å²) in [7, 11) is 0. The van der Waals surface area contributed by atoms with Crippen molar-refractivity contribution < 1.29 is 14.3 Å². The minimum atomic E-state index is -0.441. The molecule has 0 aliphatic rings. The highest BCUT2D eigenvalue weighted by Gasteiger charge is 2.22. The zero-order valence-electron chi connectivity index (χ0n) is 26.0. The van der Waals surface area contributed by atoms with Gasteiger partial charge in [-0.15, -0.1) is 0 Å². The number of amides is 2. The van der Waals surface area contributed by atoms with Crippen LogP contribution in [0, 0.1) is 6.92 Å². The zero-order chi connectivity index (χ0) is 32.0. The number of anilines is 4. The second kappa shape index (κ2) is 13.4. The Morgan fingerprint density at radius 2 is 1.80 bits per heavy atom. The summed E-state index contributed by atoms with van der Waals surface area (Å²) in [6, 6.07) is 20.0. The number of carbonyl (C=O) groups excluding carboxylic acids is 2. The van der Waals surface area contributed by atoms with Crippen molar-refractivity contribution in [2.24, 2.45) is 0 Å². The number of aromatic nitrogens is 5. The molecule has 0 saturated carbocycles. The number of hydrogen-bond donors (Lipinski definition) is 3. The molecule has 0 aliphatic heterocycles. The number of aryl methyl sites for hydroxylation is 1. The van der Waals surface area contributed by atoms with E-state index in [-0.39, 0.29) is 17.8 Å². The number of esters is 1. The highest BCUT2D eigenvalue weighted by Crippen LogP contribution is 2.28. The zero-order valence-corrected chi connectivity index (χ0v) is 26.0. The smallest absolute Gasteiger partial charge is 0.324 e. The number of carbonyl (C=O) groups is 2. The molecule has 11 heteroatoms. The monoisotopic (exact) mass is 604 g/mol. The molecule has 0 atom stereocenters. The molecule has 0 bridgehead atoms. The Balaban J connectivity index is 1.35. The van der Waals surface area contributed by atoms with Gasteiger partial charge in [-0.3, -0.25) is 15.1 Å². The second-order valence-electron chi connectivity index (χ2n) is 11.5. The van der Waals surface area contributed by atoms with Crippen LogP contribution in [-0.4, -0.2) is 43.3 Å². The van der Waals surface area contributed by atoms with Crippen molar-refractivity contribution >= 4 is 35.1 Å². The van der Waals surface area contributed by atoms with Crippen LogP contribution >= 0.6 is 0 Å². The second-order valence-corrected chi connectivity index (χ2v) is 11.5. The Hall–Kier alpha value is -5.58. The van der Waals surface area contributed by atoms with Crippen LogP contribution in [0.1, 0.15) is 44.5 Å². The Labute approximate surface area is 262 Å². The molecule has 0 radical (unpaired) electrons. The number of benzene rings is 2. The van der Waals surface area contributed by atoms with Crippen LogP contribution in [-0.2, 0) is 21.4 Å². The van der Waals surface area contributed by atoms with Crippen LogP contribution < -0.4 is 16.0 Å². The molecule has 3 N–H and O–H groups in total. The van der Waals surface area contributed by atoms with Crippen molar-refractivity contribution in [3.8, 4) is 16.9 Å². The SMILES string of the molecule is CCOC(=O)Cc1cccc(-n2nc(C(C)(C)C)cc2NC(=O)Nc2ccc(C)c(Nc3nccc(-c4cccnc4)n3)c2)c1. The molecule has 5 aromatic rings. The predicted octanol–water partition coefficient (Wildman–Crippen LogP) is 6.82. The van der Waals surface area contributed by atoms with Crippen molar-refractivity contribution in [3.63, 3.8) is 0 Å². The molecule has 2 amide bonds. The number of rotatable bonds is 9. The third-order valence-corrected chi connectivity index (χ3v) is 6.88. The van der Waals surface area contributed by atoms with Gasteiger partial charge < -0.3 is 15.4 Å². The maximum absolute atomic E-state index is 13.3. The van der Waals surface area contributed by atoms with E-state index in [9.17, 15) is 9.59 Å². The van der Waals surface area contributed by atoms with E-state index in [1.54, 1.807) is 30.2 Å². The molecule has 0 unspecified atom stereocenters. The van der Waals surface area contributed by atoms with Crippen molar-refractivity contribution in [1.29, 1.82) is 0 Å². The van der Waals surface area contributed by atoms with E-state index in [1.165, 1.54) is 0 Å². The quantitative estimate of drug-likeness (QED) is 0.156. The van der Waals surface area contributed by atoms with Crippen molar-refractivity contribution in [2.45, 2.75) is 46.5 Å². The summed E-state index contributed by atoms with van der Waals surface area (Å²) in [5.74, 6) is 0.601. The van der Waals surface area contributed by atoms with Crippen LogP contribution in [0.25, 0.3) is 16.9 Å². The van der Waals surface area contributed by atoms with Gasteiger partial charge in [0.15, 0.2) is 0 Å². The molecular formula is C34H36N8O3. The molecular weight excluding hydrogens is 568 g/mol. The van der Waals surface area contributed by atoms with Crippen LogP contribution in [0.15, 0.2) is 85.3 Å². The number of nitrogens with one attached hydrogen (secondary N) is 3. The third-order valence-electron chi connectivity index (χ3n) is 6.88. The number of ether oxygens (including phenoxy) is 1. The van der Waals surface area contributed by atoms with E-state index in [0.717, 1.165) is 33.8 Å². The van der Waals surface area contributed by atoms with Gasteiger partial charge >= 0.3 is 12.0 Å². The van der Waals surface area contributed by atoms with E-state index < -0.39 is 6.03 Å². The molecule has 45 heavy (non-hydrogen) atoms. The predicted molar refractivity (Wildman–Crippen MR) is 175 cm³/mol. The molecule has 0 spiro atoms. The molecule has 3 heterocycles. The summed E-state index contributed by atoms with van der Waals surface area (Å²) in [6.45, 7) is 10.2. The number of urea groups is 1. The normalized spacial score (nSPS) is 11.1. The van der Waals surface area contributed by atoms with E-state index in [4.69, 9.17) is 9.84 Å². The Bertz CT molecular complexity index is 1810. The van der Waals surface area contributed by atoms with Gasteiger partial charge in [0, 0.05) is 47.0 Å². The van der Waals surface area contributed by atoms with Gasteiger partial charge in [0.2, 0.25) is 5.95 Å². The van der Waals surface area contributed by atoms with Gasteiger partial charge in [-0.1, -0.05) is 39.0 Å². The van der Waals surface area contributed by atoms with Crippen molar-refractivity contribution in [2.75, 3.05) is 22.6 Å². The summed E-state index contributed by atoms with van der Waals surface area (Å²) >= 11 is 0. The summed E-state index contributed by atoms with van der Waals surface area (Å²) in [6.07, 6.45) is 5.29. The number of pyridine rings is 1. The molecule has 0 fully saturated rings. The molecule has 230 valence electrons. The summed E-state index contributed by atoms with van der Waals surface area (Å²) in [5.41, 5.74) is 5.90. The first-order chi connectivity index (χ1) is 21.6. The average Bonchev–Trinajstić information content (AvgIpc) is 3.44. The van der Waals surface area contributed by atoms with E-state index in [1.807, 2.05) is 73.7 Å². The third kappa shape index (κ3) is 7.88. The maximum Gasteiger partial charge on any atom is 0.324 e. The first-order valence-electron chi connectivity index (χ1n) is 14.6. The molecule has 2 aromatic carbocycles. The summed E-state index contributed by atoms with van der Waals surface area (Å²) in [4.78, 5) is 38.5. The van der Waals surface area contributed by atoms with Crippen LogP contribution in [0.3, 0.4) is 0 Å². The van der Waals surface area contributed by atoms with Crippen molar-refractivity contribution in [3.05, 3.63) is 102 Å². The average molecular weight is 605 g/mol. The van der Waals surface area contributed by atoms with E-state index in [2.05, 4.69) is 51.7 Å². The lowest BCUT2D eigenvalue weighted by Gasteiger charge is -2.14. The highest BCUT2D eigenvalue weighted by atomic mass is 16.5. The molecule has 5 rings (SSSR count). The molecule has 0 saturated heterocycles. The summed E-state index contributed by atoms with van der Waals surface area (Å²) in [5, 5.41) is 13.9. The highest BCUT2D eigenvalue weighted by molar-refractivity contribution is 5.99. The molecule has 3 aromatic heterocycles. The Morgan fingerprint density at radius 1 is 0.956 bits per heavy atom. The van der Waals surface area contributed by atoms with E-state index in [0.29, 0.717) is 29.7 Å². The largest absolute Gasteiger partial charge is 0.466 e. The van der Waals surface area contributed by atoms with E-state index >= 15 is 0 Å². The standard InChI is InChI=1S/C34H36N8O3/c1-6-45-31(43)18-23-9-7-11-26(17-23)42-30(20-29(41-42)34(3,4)5)40-33(44)37-25-13-12-22(2)28(19-25)39-32-36-16-14-27(38-32)24-10-8-15-35-21-24/h7-17,19-21H,6,18H2,1-5H3,(H,36,38,39)(H2,37,40,44). The fraction of sp³-hybridized carbons (Fsp3) is 0.235. The first-order valence-corrected chi connectivity index (χ1v) is 14.6. The van der Waals surface area contributed by atoms with Gasteiger partial charge in [0.1, 0.15) is 5.82 Å². The minimum absolute atomic E-state index is 0.140. The summed E-state index contributed by atoms with van der Waals surface area (Å²) < 4.78 is 6.78. The lowest BCUT2D eigenvalue weighted by Crippen LogP contribution is -2.21. The minimum Gasteiger partial charge on any atom is -0.466 e. The van der Waals surface area contributed by atoms with Gasteiger partial charge in [0.05, 0.1) is 30.1 Å². The fourth-order valence-electron chi connectivity index (χ4n) is 4.54. The van der Waals surface area contributed by atoms with Gasteiger partial charge in [-0.2, -0.15) is 5.10 Å². The van der Waals surface area contributed by atoms with Crippen LogP contribution in [0.4, 0.5) is 27.9 Å².